The van der Waals surface area contributed by atoms with Crippen molar-refractivity contribution in [1.29, 1.82) is 5.26 Å². The van der Waals surface area contributed by atoms with Crippen molar-refractivity contribution in [3.8, 4) is 17.2 Å². The first kappa shape index (κ1) is 24.0. The predicted octanol–water partition coefficient (Wildman–Crippen LogP) is 4.82. The molecule has 3 aromatic rings. The summed E-state index contributed by atoms with van der Waals surface area (Å²) in [5.41, 5.74) is 4.20. The first-order valence-corrected chi connectivity index (χ1v) is 12.4. The van der Waals surface area contributed by atoms with Crippen molar-refractivity contribution in [3.63, 3.8) is 0 Å². The Labute approximate surface area is 210 Å². The first-order chi connectivity index (χ1) is 17.6. The van der Waals surface area contributed by atoms with Crippen LogP contribution in [-0.2, 0) is 0 Å². The molecule has 2 fully saturated rings. The standard InChI is InChI=1S/C29H29FN4O2/c30-24-7-4-8-25(16-24)32-29(36)33-13-1-2-14-34-26(18-33)28(27(34)19-35)22-11-9-21(10-12-22)23-6-3-5-20(15-23)17-31/h3-12,15-16,26-28,35H,1-2,13-14,18-19H2,(H,32,36)/t26-,27-,28-/m1/s1. The van der Waals surface area contributed by atoms with Gasteiger partial charge in [-0.1, -0.05) is 42.5 Å². The fourth-order valence-electron chi connectivity index (χ4n) is 5.56. The molecule has 2 N–H and O–H groups in total. The molecular weight excluding hydrogens is 455 g/mol. The van der Waals surface area contributed by atoms with Crippen LogP contribution in [0.4, 0.5) is 14.9 Å². The Balaban J connectivity index is 1.35. The zero-order valence-corrected chi connectivity index (χ0v) is 20.0. The van der Waals surface area contributed by atoms with E-state index in [1.807, 2.05) is 23.1 Å². The lowest BCUT2D eigenvalue weighted by Crippen LogP contribution is -2.68. The SMILES string of the molecule is N#Cc1cccc(-c2ccc([C@H]3[C@@H](CO)N4CCCCN(C(=O)Nc5cccc(F)c5)C[C@H]34)cc2)c1. The van der Waals surface area contributed by atoms with Crippen LogP contribution in [0.2, 0.25) is 0 Å². The summed E-state index contributed by atoms with van der Waals surface area (Å²) in [6, 6.07) is 23.8. The van der Waals surface area contributed by atoms with E-state index in [-0.39, 0.29) is 36.5 Å². The molecule has 0 radical (unpaired) electrons. The third-order valence-electron chi connectivity index (χ3n) is 7.35. The van der Waals surface area contributed by atoms with Crippen LogP contribution < -0.4 is 5.32 Å². The Hall–Kier alpha value is -3.73. The van der Waals surface area contributed by atoms with Crippen LogP contribution in [0.3, 0.4) is 0 Å². The molecule has 2 heterocycles. The Morgan fingerprint density at radius 2 is 1.81 bits per heavy atom. The van der Waals surface area contributed by atoms with Gasteiger partial charge in [-0.15, -0.1) is 0 Å². The molecule has 0 aliphatic carbocycles. The number of fused-ring (bicyclic) bond motifs is 1. The quantitative estimate of drug-likeness (QED) is 0.557. The molecule has 0 saturated carbocycles. The van der Waals surface area contributed by atoms with Gasteiger partial charge in [0.15, 0.2) is 0 Å². The Morgan fingerprint density at radius 3 is 2.56 bits per heavy atom. The fraction of sp³-hybridized carbons (Fsp3) is 0.310. The molecule has 7 heteroatoms. The minimum atomic E-state index is -0.390. The molecular formula is C29H29FN4O2. The van der Waals surface area contributed by atoms with Crippen molar-refractivity contribution < 1.29 is 14.3 Å². The van der Waals surface area contributed by atoms with Crippen molar-refractivity contribution in [3.05, 3.63) is 89.7 Å². The number of nitrogens with one attached hydrogen (secondary N) is 1. The highest BCUT2D eigenvalue weighted by Crippen LogP contribution is 2.42. The van der Waals surface area contributed by atoms with Crippen LogP contribution in [0, 0.1) is 17.1 Å². The van der Waals surface area contributed by atoms with Crippen LogP contribution in [0.5, 0.6) is 0 Å². The van der Waals surface area contributed by atoms with Gasteiger partial charge in [-0.05, 0) is 66.4 Å². The molecule has 6 nitrogen and oxygen atoms in total. The number of hydrogen-bond acceptors (Lipinski definition) is 4. The van der Waals surface area contributed by atoms with E-state index in [1.54, 1.807) is 18.2 Å². The van der Waals surface area contributed by atoms with Crippen molar-refractivity contribution in [2.75, 3.05) is 31.6 Å². The van der Waals surface area contributed by atoms with E-state index in [1.165, 1.54) is 12.1 Å². The number of carbonyl (C=O) groups excluding carboxylic acids is 1. The summed E-state index contributed by atoms with van der Waals surface area (Å²) in [4.78, 5) is 17.2. The highest BCUT2D eigenvalue weighted by molar-refractivity contribution is 5.89. The summed E-state index contributed by atoms with van der Waals surface area (Å²) in [7, 11) is 0. The lowest BCUT2D eigenvalue weighted by Gasteiger charge is -2.57. The van der Waals surface area contributed by atoms with Gasteiger partial charge in [-0.3, -0.25) is 4.90 Å². The van der Waals surface area contributed by atoms with Crippen molar-refractivity contribution in [1.82, 2.24) is 9.80 Å². The maximum absolute atomic E-state index is 13.6. The number of benzene rings is 3. The van der Waals surface area contributed by atoms with E-state index in [0.29, 0.717) is 24.3 Å². The average Bonchev–Trinajstić information content (AvgIpc) is 2.88. The summed E-state index contributed by atoms with van der Waals surface area (Å²) < 4.78 is 13.6. The number of urea groups is 1. The molecule has 5 rings (SSSR count). The monoisotopic (exact) mass is 484 g/mol. The smallest absolute Gasteiger partial charge is 0.321 e. The summed E-state index contributed by atoms with van der Waals surface area (Å²) in [6.07, 6.45) is 1.82. The number of amides is 2. The van der Waals surface area contributed by atoms with Crippen molar-refractivity contribution >= 4 is 11.7 Å². The zero-order valence-electron chi connectivity index (χ0n) is 20.0. The third kappa shape index (κ3) is 4.83. The number of anilines is 1. The topological polar surface area (TPSA) is 79.6 Å². The fourth-order valence-corrected chi connectivity index (χ4v) is 5.56. The number of aliphatic hydroxyl groups excluding tert-OH is 1. The van der Waals surface area contributed by atoms with E-state index in [2.05, 4.69) is 40.6 Å². The summed E-state index contributed by atoms with van der Waals surface area (Å²) in [6.45, 7) is 2.12. The van der Waals surface area contributed by atoms with E-state index in [4.69, 9.17) is 0 Å². The number of halogens is 1. The van der Waals surface area contributed by atoms with Gasteiger partial charge in [0.25, 0.3) is 0 Å². The largest absolute Gasteiger partial charge is 0.395 e. The first-order valence-electron chi connectivity index (χ1n) is 12.4. The third-order valence-corrected chi connectivity index (χ3v) is 7.35. The number of hydrogen-bond donors (Lipinski definition) is 2. The Morgan fingerprint density at radius 1 is 1.03 bits per heavy atom. The van der Waals surface area contributed by atoms with E-state index in [9.17, 15) is 19.6 Å². The summed E-state index contributed by atoms with van der Waals surface area (Å²) in [5.74, 6) is -0.295. The number of carbonyl (C=O) groups is 1. The molecule has 0 bridgehead atoms. The summed E-state index contributed by atoms with van der Waals surface area (Å²) in [5, 5.41) is 22.2. The predicted molar refractivity (Wildman–Crippen MR) is 137 cm³/mol. The van der Waals surface area contributed by atoms with E-state index < -0.39 is 0 Å². The molecule has 2 aliphatic rings. The second kappa shape index (κ2) is 10.5. The van der Waals surface area contributed by atoms with Crippen LogP contribution >= 0.6 is 0 Å². The highest BCUT2D eigenvalue weighted by atomic mass is 19.1. The molecule has 2 amide bonds. The van der Waals surface area contributed by atoms with Gasteiger partial charge in [0.1, 0.15) is 5.82 Å². The van der Waals surface area contributed by atoms with Crippen molar-refractivity contribution in [2.45, 2.75) is 30.8 Å². The number of nitrogens with zero attached hydrogens (tertiary/aromatic N) is 3. The number of rotatable bonds is 4. The van der Waals surface area contributed by atoms with Gasteiger partial charge >= 0.3 is 6.03 Å². The molecule has 36 heavy (non-hydrogen) atoms. The molecule has 0 unspecified atom stereocenters. The average molecular weight is 485 g/mol. The maximum Gasteiger partial charge on any atom is 0.321 e. The lowest BCUT2D eigenvalue weighted by atomic mass is 9.74. The molecule has 0 aromatic heterocycles. The molecule has 0 spiro atoms. The van der Waals surface area contributed by atoms with Crippen LogP contribution in [-0.4, -0.2) is 59.3 Å². The van der Waals surface area contributed by atoms with Gasteiger partial charge in [-0.25, -0.2) is 9.18 Å². The van der Waals surface area contributed by atoms with Gasteiger partial charge in [-0.2, -0.15) is 5.26 Å². The number of aliphatic hydroxyl groups is 1. The molecule has 3 aromatic carbocycles. The normalized spacial score (nSPS) is 21.9. The Kier molecular flexibility index (Phi) is 6.99. The summed E-state index contributed by atoms with van der Waals surface area (Å²) >= 11 is 0. The van der Waals surface area contributed by atoms with Crippen molar-refractivity contribution in [2.24, 2.45) is 0 Å². The zero-order chi connectivity index (χ0) is 25.1. The van der Waals surface area contributed by atoms with Crippen LogP contribution in [0.25, 0.3) is 11.1 Å². The van der Waals surface area contributed by atoms with Crippen LogP contribution in [0.15, 0.2) is 72.8 Å². The van der Waals surface area contributed by atoms with Gasteiger partial charge in [0.05, 0.1) is 18.2 Å². The number of nitriles is 1. The highest BCUT2D eigenvalue weighted by Gasteiger charge is 2.49. The van der Waals surface area contributed by atoms with E-state index in [0.717, 1.165) is 36.1 Å². The minimum Gasteiger partial charge on any atom is -0.395 e. The second-order valence-electron chi connectivity index (χ2n) is 9.49. The second-order valence-corrected chi connectivity index (χ2v) is 9.49. The lowest BCUT2D eigenvalue weighted by molar-refractivity contribution is -0.0585. The molecule has 3 atom stereocenters. The maximum atomic E-state index is 13.6. The molecule has 184 valence electrons. The van der Waals surface area contributed by atoms with Gasteiger partial charge in [0, 0.05) is 36.8 Å². The van der Waals surface area contributed by atoms with Gasteiger partial charge in [0.2, 0.25) is 0 Å². The Bertz CT molecular complexity index is 1270. The minimum absolute atomic E-state index is 0.00833. The van der Waals surface area contributed by atoms with Crippen LogP contribution in [0.1, 0.15) is 29.9 Å². The molecule has 2 saturated heterocycles. The van der Waals surface area contributed by atoms with E-state index >= 15 is 0 Å². The van der Waals surface area contributed by atoms with Gasteiger partial charge < -0.3 is 15.3 Å². The molecule has 2 aliphatic heterocycles.